The highest BCUT2D eigenvalue weighted by atomic mass is 32.1. The maximum Gasteiger partial charge on any atom is 0.328 e. The van der Waals surface area contributed by atoms with Gasteiger partial charge in [0.25, 0.3) is 0 Å². The molecule has 4 nitrogen and oxygen atoms in total. The summed E-state index contributed by atoms with van der Waals surface area (Å²) < 4.78 is 0. The van der Waals surface area contributed by atoms with Gasteiger partial charge >= 0.3 is 5.97 Å². The van der Waals surface area contributed by atoms with E-state index in [1.807, 2.05) is 11.4 Å². The summed E-state index contributed by atoms with van der Waals surface area (Å²) in [6.07, 6.45) is 4.91. The Kier molecular flexibility index (Phi) is 3.58. The van der Waals surface area contributed by atoms with Crippen LogP contribution in [0.15, 0.2) is 23.6 Å². The van der Waals surface area contributed by atoms with Crippen molar-refractivity contribution >= 4 is 28.9 Å². The van der Waals surface area contributed by atoms with Crippen molar-refractivity contribution in [1.29, 1.82) is 0 Å². The Bertz CT molecular complexity index is 464. The molecule has 0 bridgehead atoms. The molecule has 0 fully saturated rings. The lowest BCUT2D eigenvalue weighted by atomic mass is 10.2. The first-order chi connectivity index (χ1) is 8.18. The molecule has 17 heavy (non-hydrogen) atoms. The van der Waals surface area contributed by atoms with E-state index in [4.69, 9.17) is 5.11 Å². The van der Waals surface area contributed by atoms with Crippen LogP contribution in [0, 0.1) is 0 Å². The second kappa shape index (κ2) is 5.14. The average molecular weight is 251 g/mol. The minimum Gasteiger partial charge on any atom is -0.478 e. The van der Waals surface area contributed by atoms with Gasteiger partial charge in [0.2, 0.25) is 5.91 Å². The van der Waals surface area contributed by atoms with Crippen molar-refractivity contribution in [3.8, 4) is 0 Å². The molecule has 1 amide bonds. The number of fused-ring (bicyclic) bond motifs is 1. The highest BCUT2D eigenvalue weighted by Crippen LogP contribution is 2.31. The van der Waals surface area contributed by atoms with E-state index in [2.05, 4.69) is 0 Å². The van der Waals surface area contributed by atoms with Gasteiger partial charge in [-0.25, -0.2) is 4.79 Å². The number of amides is 1. The highest BCUT2D eigenvalue weighted by Gasteiger charge is 2.21. The van der Waals surface area contributed by atoms with Crippen LogP contribution in [0.2, 0.25) is 0 Å². The number of aliphatic carboxylic acids is 1. The van der Waals surface area contributed by atoms with Crippen molar-refractivity contribution in [3.05, 3.63) is 28.5 Å². The molecule has 0 radical (unpaired) electrons. The Morgan fingerprint density at radius 3 is 3.12 bits per heavy atom. The molecular weight excluding hydrogens is 238 g/mol. The van der Waals surface area contributed by atoms with E-state index in [1.54, 1.807) is 16.2 Å². The Morgan fingerprint density at radius 1 is 1.53 bits per heavy atom. The molecule has 0 aliphatic carbocycles. The fourth-order valence-electron chi connectivity index (χ4n) is 1.89. The number of rotatable bonds is 3. The minimum absolute atomic E-state index is 0.0668. The lowest BCUT2D eigenvalue weighted by Crippen LogP contribution is -2.29. The van der Waals surface area contributed by atoms with Crippen LogP contribution in [-0.4, -0.2) is 23.5 Å². The molecule has 0 aromatic carbocycles. The Labute approximate surface area is 103 Å². The molecule has 0 unspecified atom stereocenters. The maximum atomic E-state index is 11.9. The first-order valence-corrected chi connectivity index (χ1v) is 6.32. The van der Waals surface area contributed by atoms with Crippen LogP contribution in [0.5, 0.6) is 0 Å². The van der Waals surface area contributed by atoms with Gasteiger partial charge in [-0.05, 0) is 24.3 Å². The number of carbonyl (C=O) groups excluding carboxylic acids is 1. The van der Waals surface area contributed by atoms with Gasteiger partial charge in [0, 0.05) is 23.9 Å². The fourth-order valence-corrected chi connectivity index (χ4v) is 2.81. The number of hydrogen-bond acceptors (Lipinski definition) is 3. The summed E-state index contributed by atoms with van der Waals surface area (Å²) in [5.41, 5.74) is 0.938. The van der Waals surface area contributed by atoms with Crippen molar-refractivity contribution in [3.63, 3.8) is 0 Å². The molecule has 1 aromatic rings. The van der Waals surface area contributed by atoms with Crippen LogP contribution in [0.3, 0.4) is 0 Å². The van der Waals surface area contributed by atoms with Gasteiger partial charge < -0.3 is 10.0 Å². The van der Waals surface area contributed by atoms with E-state index in [0.29, 0.717) is 13.0 Å². The summed E-state index contributed by atoms with van der Waals surface area (Å²) >= 11 is 1.65. The zero-order valence-corrected chi connectivity index (χ0v) is 10.1. The van der Waals surface area contributed by atoms with Gasteiger partial charge in [0.05, 0.1) is 5.69 Å². The van der Waals surface area contributed by atoms with Gasteiger partial charge in [-0.15, -0.1) is 11.3 Å². The van der Waals surface area contributed by atoms with E-state index in [0.717, 1.165) is 24.6 Å². The predicted molar refractivity (Wildman–Crippen MR) is 66.4 cm³/mol. The number of hydrogen-bond donors (Lipinski definition) is 1. The number of carbonyl (C=O) groups is 2. The number of aryl methyl sites for hydroxylation is 1. The van der Waals surface area contributed by atoms with Crippen LogP contribution in [0.4, 0.5) is 5.69 Å². The molecule has 1 aliphatic rings. The summed E-state index contributed by atoms with van der Waals surface area (Å²) in [6, 6.07) is 1.93. The number of thiophene rings is 1. The molecule has 1 N–H and O–H groups in total. The molecule has 1 aliphatic heterocycles. The largest absolute Gasteiger partial charge is 0.478 e. The van der Waals surface area contributed by atoms with Crippen molar-refractivity contribution < 1.29 is 14.7 Å². The zero-order chi connectivity index (χ0) is 12.3. The summed E-state index contributed by atoms with van der Waals surface area (Å²) in [5, 5.41) is 10.5. The van der Waals surface area contributed by atoms with E-state index < -0.39 is 5.97 Å². The van der Waals surface area contributed by atoms with Gasteiger partial charge in [0.1, 0.15) is 0 Å². The fraction of sp³-hybridized carbons (Fsp3) is 0.333. The molecule has 90 valence electrons. The van der Waals surface area contributed by atoms with E-state index in [1.165, 1.54) is 11.0 Å². The molecule has 1 aromatic heterocycles. The van der Waals surface area contributed by atoms with Crippen LogP contribution < -0.4 is 4.90 Å². The summed E-state index contributed by atoms with van der Waals surface area (Å²) in [7, 11) is 0. The second-order valence-corrected chi connectivity index (χ2v) is 4.83. The van der Waals surface area contributed by atoms with E-state index >= 15 is 0 Å². The van der Waals surface area contributed by atoms with E-state index in [9.17, 15) is 9.59 Å². The smallest absolute Gasteiger partial charge is 0.328 e. The SMILES string of the molecule is O=C(O)C=CCN1C(=O)CCCc2sccc21. The molecule has 0 atom stereocenters. The third-order valence-corrected chi connectivity index (χ3v) is 3.63. The maximum absolute atomic E-state index is 11.9. The minimum atomic E-state index is -0.988. The first-order valence-electron chi connectivity index (χ1n) is 5.44. The normalized spacial score (nSPS) is 16.0. The van der Waals surface area contributed by atoms with Crippen LogP contribution in [-0.2, 0) is 16.0 Å². The predicted octanol–water partition coefficient (Wildman–Crippen LogP) is 2.06. The Hall–Kier alpha value is -1.62. The number of anilines is 1. The molecular formula is C12H13NO3S. The summed E-state index contributed by atoms with van der Waals surface area (Å²) in [5.74, 6) is -0.921. The second-order valence-electron chi connectivity index (χ2n) is 3.83. The molecule has 0 spiro atoms. The molecule has 5 heteroatoms. The van der Waals surface area contributed by atoms with Crippen molar-refractivity contribution in [2.75, 3.05) is 11.4 Å². The third kappa shape index (κ3) is 2.74. The van der Waals surface area contributed by atoms with Crippen molar-refractivity contribution in [1.82, 2.24) is 0 Å². The third-order valence-electron chi connectivity index (χ3n) is 2.66. The van der Waals surface area contributed by atoms with Crippen molar-refractivity contribution in [2.24, 2.45) is 0 Å². The average Bonchev–Trinajstić information content (AvgIpc) is 2.67. The number of nitrogens with zero attached hydrogens (tertiary/aromatic N) is 1. The monoisotopic (exact) mass is 251 g/mol. The Balaban J connectivity index is 2.19. The number of carboxylic acids is 1. The highest BCUT2D eigenvalue weighted by molar-refractivity contribution is 7.10. The van der Waals surface area contributed by atoms with Crippen molar-refractivity contribution in [2.45, 2.75) is 19.3 Å². The summed E-state index contributed by atoms with van der Waals surface area (Å²) in [4.78, 5) is 25.2. The van der Waals surface area contributed by atoms with Crippen LogP contribution in [0.1, 0.15) is 17.7 Å². The van der Waals surface area contributed by atoms with Gasteiger partial charge in [-0.2, -0.15) is 0 Å². The molecule has 2 rings (SSSR count). The van der Waals surface area contributed by atoms with Crippen LogP contribution >= 0.6 is 11.3 Å². The Morgan fingerprint density at radius 2 is 2.35 bits per heavy atom. The van der Waals surface area contributed by atoms with Gasteiger partial charge in [-0.1, -0.05) is 6.08 Å². The standard InChI is InChI=1S/C12H13NO3S/c14-11-4-1-3-10-9(6-8-17-10)13(11)7-2-5-12(15)16/h2,5-6,8H,1,3-4,7H2,(H,15,16). The molecule has 2 heterocycles. The molecule has 0 saturated carbocycles. The van der Waals surface area contributed by atoms with E-state index in [-0.39, 0.29) is 5.91 Å². The first kappa shape index (κ1) is 11.9. The zero-order valence-electron chi connectivity index (χ0n) is 9.26. The quantitative estimate of drug-likeness (QED) is 0.836. The summed E-state index contributed by atoms with van der Waals surface area (Å²) in [6.45, 7) is 0.328. The lowest BCUT2D eigenvalue weighted by Gasteiger charge is -2.18. The molecule has 0 saturated heterocycles. The van der Waals surface area contributed by atoms with Gasteiger partial charge in [0.15, 0.2) is 0 Å². The topological polar surface area (TPSA) is 57.6 Å². The number of carboxylic acid groups (broad SMARTS) is 1. The van der Waals surface area contributed by atoms with Crippen LogP contribution in [0.25, 0.3) is 0 Å². The van der Waals surface area contributed by atoms with Gasteiger partial charge in [-0.3, -0.25) is 4.79 Å². The lowest BCUT2D eigenvalue weighted by molar-refractivity contribution is -0.131.